The molecule has 1 aliphatic carbocycles. The van der Waals surface area contributed by atoms with Crippen LogP contribution in [0.2, 0.25) is 0 Å². The summed E-state index contributed by atoms with van der Waals surface area (Å²) in [6.07, 6.45) is 10.2. The number of hydrogen-bond acceptors (Lipinski definition) is 4. The highest BCUT2D eigenvalue weighted by Gasteiger charge is 2.23. The summed E-state index contributed by atoms with van der Waals surface area (Å²) in [6.45, 7) is 25.1. The summed E-state index contributed by atoms with van der Waals surface area (Å²) < 4.78 is 7.42. The van der Waals surface area contributed by atoms with Crippen molar-refractivity contribution in [3.05, 3.63) is 83.8 Å². The molecule has 0 aliphatic heterocycles. The molecule has 0 fully saturated rings. The molecule has 0 radical (unpaired) electrons. The lowest BCUT2D eigenvalue weighted by Gasteiger charge is -2.22. The van der Waals surface area contributed by atoms with E-state index >= 15 is 0 Å². The number of carbonyl (C=O) groups excluding carboxylic acids is 2. The third-order valence-corrected chi connectivity index (χ3v) is 6.25. The maximum absolute atomic E-state index is 13.2. The highest BCUT2D eigenvalue weighted by molar-refractivity contribution is 6.05. The molecule has 0 bridgehead atoms. The van der Waals surface area contributed by atoms with Gasteiger partial charge in [-0.15, -0.1) is 0 Å². The number of fused-ring (bicyclic) bond motifs is 1. The normalized spacial score (nSPS) is 15.7. The zero-order valence-corrected chi connectivity index (χ0v) is 26.3. The number of aromatic nitrogens is 1. The molecule has 0 amide bonds. The van der Waals surface area contributed by atoms with Gasteiger partial charge < -0.3 is 9.64 Å². The van der Waals surface area contributed by atoms with E-state index in [9.17, 15) is 9.59 Å². The number of Topliss-reactive ketones (excluding diaryl/α,β-unsaturated/α-hetero) is 1. The average molecular weight is 537 g/mol. The summed E-state index contributed by atoms with van der Waals surface area (Å²) in [5.41, 5.74) is 4.48. The second-order valence-electron chi connectivity index (χ2n) is 9.33. The Kier molecular flexibility index (Phi) is 17.4. The Morgan fingerprint density at radius 1 is 1.13 bits per heavy atom. The Labute approximate surface area is 237 Å². The third kappa shape index (κ3) is 11.2. The van der Waals surface area contributed by atoms with Crippen molar-refractivity contribution in [2.45, 2.75) is 81.8 Å². The van der Waals surface area contributed by atoms with E-state index in [0.29, 0.717) is 18.6 Å². The molecule has 2 unspecified atom stereocenters. The Morgan fingerprint density at radius 3 is 2.18 bits per heavy atom. The number of nitrogens with zero attached hydrogens (tertiary/aromatic N) is 2. The van der Waals surface area contributed by atoms with E-state index in [0.717, 1.165) is 34.4 Å². The van der Waals surface area contributed by atoms with E-state index in [-0.39, 0.29) is 23.7 Å². The summed E-state index contributed by atoms with van der Waals surface area (Å²) >= 11 is 0. The van der Waals surface area contributed by atoms with Gasteiger partial charge in [0.15, 0.2) is 0 Å². The number of benzene rings is 1. The minimum absolute atomic E-state index is 0.0150. The van der Waals surface area contributed by atoms with Gasteiger partial charge >= 0.3 is 0 Å². The first-order valence-electron chi connectivity index (χ1n) is 14.1. The van der Waals surface area contributed by atoms with Crippen LogP contribution in [0.25, 0.3) is 10.9 Å². The highest BCUT2D eigenvalue weighted by Crippen LogP contribution is 2.27. The topological polar surface area (TPSA) is 51.5 Å². The SMILES string of the molecule is C/C=C\C.C=C(C)N(C)CC.CC.CCOC1C=CC(C(=O)n2c(C)cc3c(CC(C)=O)cccc32)=CC1C. The molecule has 0 saturated carbocycles. The molecule has 2 aromatic rings. The lowest BCUT2D eigenvalue weighted by molar-refractivity contribution is -0.116. The molecule has 0 spiro atoms. The fourth-order valence-electron chi connectivity index (χ4n) is 3.87. The second-order valence-corrected chi connectivity index (χ2v) is 9.33. The van der Waals surface area contributed by atoms with E-state index in [2.05, 4.69) is 25.3 Å². The number of hydrogen-bond donors (Lipinski definition) is 0. The van der Waals surface area contributed by atoms with Crippen LogP contribution in [-0.4, -0.2) is 47.5 Å². The highest BCUT2D eigenvalue weighted by atomic mass is 16.5. The minimum atomic E-state index is -0.0458. The Bertz CT molecular complexity index is 1150. The molecule has 2 atom stereocenters. The first-order valence-corrected chi connectivity index (χ1v) is 14.1. The van der Waals surface area contributed by atoms with Gasteiger partial charge in [-0.2, -0.15) is 0 Å². The molecule has 0 saturated heterocycles. The Balaban J connectivity index is 0.000000933. The maximum Gasteiger partial charge on any atom is 0.262 e. The predicted molar refractivity (Wildman–Crippen MR) is 168 cm³/mol. The smallest absolute Gasteiger partial charge is 0.262 e. The molecule has 0 N–H and O–H groups in total. The van der Waals surface area contributed by atoms with Crippen molar-refractivity contribution in [1.82, 2.24) is 9.47 Å². The van der Waals surface area contributed by atoms with Gasteiger partial charge in [0, 0.05) is 54.9 Å². The number of ketones is 1. The van der Waals surface area contributed by atoms with Crippen molar-refractivity contribution in [2.24, 2.45) is 5.92 Å². The van der Waals surface area contributed by atoms with Crippen LogP contribution in [0.15, 0.2) is 72.5 Å². The summed E-state index contributed by atoms with van der Waals surface area (Å²) in [6, 6.07) is 7.78. The predicted octanol–water partition coefficient (Wildman–Crippen LogP) is 8.34. The van der Waals surface area contributed by atoms with Gasteiger partial charge in [0.25, 0.3) is 5.91 Å². The van der Waals surface area contributed by atoms with Gasteiger partial charge in [-0.1, -0.05) is 69.9 Å². The minimum Gasteiger partial charge on any atom is -0.379 e. The van der Waals surface area contributed by atoms with Crippen molar-refractivity contribution in [2.75, 3.05) is 20.2 Å². The van der Waals surface area contributed by atoms with E-state index in [4.69, 9.17) is 4.74 Å². The molecule has 5 heteroatoms. The average Bonchev–Trinajstić information content (AvgIpc) is 3.27. The molecule has 3 rings (SSSR count). The standard InChI is InChI=1S/C22H25NO3.C6H13N.C4H8.C2H6/c1-5-26-21-10-9-18(11-14(21)2)22(25)23-15(3)12-19-17(13-16(4)24)7-6-8-20(19)23;1-5-7(4)6(2)3;1-3-4-2;1-2/h6-12,14,21H,5,13H2,1-4H3;2,5H2,1,3-4H3;3-4H,1-2H3;1-2H3/b;;4-3-;. The summed E-state index contributed by atoms with van der Waals surface area (Å²) in [5, 5.41) is 0.967. The molecule has 1 heterocycles. The molecule has 5 nitrogen and oxygen atoms in total. The van der Waals surface area contributed by atoms with Crippen LogP contribution in [0.4, 0.5) is 0 Å². The lowest BCUT2D eigenvalue weighted by atomic mass is 9.94. The fraction of sp³-hybridized carbons (Fsp3) is 0.471. The van der Waals surface area contributed by atoms with Crippen molar-refractivity contribution >= 4 is 22.6 Å². The largest absolute Gasteiger partial charge is 0.379 e. The molecule has 216 valence electrons. The van der Waals surface area contributed by atoms with Gasteiger partial charge in [-0.05, 0) is 66.2 Å². The summed E-state index contributed by atoms with van der Waals surface area (Å²) in [7, 11) is 2.03. The lowest BCUT2D eigenvalue weighted by Crippen LogP contribution is -2.24. The molecular weight excluding hydrogens is 484 g/mol. The van der Waals surface area contributed by atoms with Crippen LogP contribution in [0.1, 0.15) is 78.4 Å². The van der Waals surface area contributed by atoms with Crippen molar-refractivity contribution in [1.29, 1.82) is 0 Å². The number of allylic oxidation sites excluding steroid dienone is 5. The molecule has 1 aromatic heterocycles. The zero-order chi connectivity index (χ0) is 30.1. The van der Waals surface area contributed by atoms with Gasteiger partial charge in [0.1, 0.15) is 5.78 Å². The van der Waals surface area contributed by atoms with Crippen molar-refractivity contribution in [3.63, 3.8) is 0 Å². The monoisotopic (exact) mass is 536 g/mol. The van der Waals surface area contributed by atoms with Crippen LogP contribution < -0.4 is 0 Å². The summed E-state index contributed by atoms with van der Waals surface area (Å²) in [5.74, 6) is 0.216. The number of aryl methyl sites for hydroxylation is 1. The maximum atomic E-state index is 13.2. The van der Waals surface area contributed by atoms with Crippen LogP contribution in [0.3, 0.4) is 0 Å². The van der Waals surface area contributed by atoms with E-state index in [1.807, 2.05) is 110 Å². The van der Waals surface area contributed by atoms with E-state index < -0.39 is 0 Å². The third-order valence-electron chi connectivity index (χ3n) is 6.25. The Morgan fingerprint density at radius 2 is 1.74 bits per heavy atom. The number of carbonyl (C=O) groups is 2. The van der Waals surface area contributed by atoms with Crippen LogP contribution >= 0.6 is 0 Å². The molecule has 1 aliphatic rings. The van der Waals surface area contributed by atoms with Crippen LogP contribution in [-0.2, 0) is 16.0 Å². The van der Waals surface area contributed by atoms with E-state index in [1.54, 1.807) is 11.5 Å². The first kappa shape index (κ1) is 35.8. The molecule has 39 heavy (non-hydrogen) atoms. The first-order chi connectivity index (χ1) is 18.5. The number of ether oxygens (including phenoxy) is 1. The fourth-order valence-corrected chi connectivity index (χ4v) is 3.87. The quantitative estimate of drug-likeness (QED) is 0.334. The number of rotatable bonds is 7. The second kappa shape index (κ2) is 19.0. The van der Waals surface area contributed by atoms with E-state index in [1.165, 1.54) is 0 Å². The van der Waals surface area contributed by atoms with Crippen molar-refractivity contribution < 1.29 is 14.3 Å². The molecular formula is C34H52N2O3. The van der Waals surface area contributed by atoms with Crippen LogP contribution in [0, 0.1) is 12.8 Å². The van der Waals surface area contributed by atoms with Crippen molar-refractivity contribution in [3.8, 4) is 0 Å². The zero-order valence-electron chi connectivity index (χ0n) is 26.3. The molecule has 1 aromatic carbocycles. The van der Waals surface area contributed by atoms with Gasteiger partial charge in [-0.3, -0.25) is 14.2 Å². The van der Waals surface area contributed by atoms with Gasteiger partial charge in [0.2, 0.25) is 0 Å². The Hall–Kier alpha value is -3.18. The van der Waals surface area contributed by atoms with Gasteiger partial charge in [-0.25, -0.2) is 0 Å². The summed E-state index contributed by atoms with van der Waals surface area (Å²) in [4.78, 5) is 26.8. The van der Waals surface area contributed by atoms with Crippen LogP contribution in [0.5, 0.6) is 0 Å². The van der Waals surface area contributed by atoms with Gasteiger partial charge in [0.05, 0.1) is 11.6 Å².